The number of halogens is 2. The Kier molecular flexibility index (Phi) is 4.45. The molecule has 0 bridgehead atoms. The molecule has 1 saturated carbocycles. The second-order valence-electron chi connectivity index (χ2n) is 3.71. The molecule has 0 unspecified atom stereocenters. The van der Waals surface area contributed by atoms with Gasteiger partial charge in [-0.2, -0.15) is 0 Å². The van der Waals surface area contributed by atoms with Crippen molar-refractivity contribution in [2.75, 3.05) is 20.1 Å². The minimum Gasteiger partial charge on any atom is -0.370 e. The van der Waals surface area contributed by atoms with Crippen LogP contribution in [-0.4, -0.2) is 49.4 Å². The van der Waals surface area contributed by atoms with Gasteiger partial charge in [-0.1, -0.05) is 0 Å². The first-order valence-corrected chi connectivity index (χ1v) is 5.08. The van der Waals surface area contributed by atoms with Crippen LogP contribution in [0.1, 0.15) is 12.8 Å². The van der Waals surface area contributed by atoms with Crippen molar-refractivity contribution in [2.45, 2.75) is 25.3 Å². The van der Waals surface area contributed by atoms with Crippen molar-refractivity contribution in [3.8, 4) is 0 Å². The molecule has 1 amide bonds. The lowest BCUT2D eigenvalue weighted by Gasteiger charge is -2.16. The van der Waals surface area contributed by atoms with Crippen LogP contribution >= 0.6 is 0 Å². The lowest BCUT2D eigenvalue weighted by atomic mass is 10.5. The van der Waals surface area contributed by atoms with Gasteiger partial charge in [-0.3, -0.25) is 4.79 Å². The van der Waals surface area contributed by atoms with Crippen molar-refractivity contribution in [3.05, 3.63) is 0 Å². The standard InChI is InChI=1S/C9H16F2N4O/c1-15(6-2-3-6)9(12)14-5-8(16)13-4-7(10)11/h6-7H,2-5H2,1H3,(H2,12,14)(H,13,16). The Morgan fingerprint density at radius 2 is 2.25 bits per heavy atom. The molecule has 5 nitrogen and oxygen atoms in total. The number of alkyl halides is 2. The molecule has 0 atom stereocenters. The van der Waals surface area contributed by atoms with E-state index in [1.54, 1.807) is 11.9 Å². The number of nitrogens with two attached hydrogens (primary N) is 1. The zero-order valence-electron chi connectivity index (χ0n) is 9.12. The zero-order chi connectivity index (χ0) is 12.1. The molecule has 0 aromatic heterocycles. The molecule has 16 heavy (non-hydrogen) atoms. The van der Waals surface area contributed by atoms with Crippen LogP contribution in [0.4, 0.5) is 8.78 Å². The van der Waals surface area contributed by atoms with Gasteiger partial charge in [0, 0.05) is 13.1 Å². The molecule has 0 aromatic rings. The van der Waals surface area contributed by atoms with E-state index in [-0.39, 0.29) is 12.5 Å². The Balaban J connectivity index is 2.25. The lowest BCUT2D eigenvalue weighted by Crippen LogP contribution is -2.37. The molecular formula is C9H16F2N4O. The molecule has 1 aliphatic carbocycles. The predicted octanol–water partition coefficient (Wildman–Crippen LogP) is -0.223. The van der Waals surface area contributed by atoms with Crippen molar-refractivity contribution in [2.24, 2.45) is 10.7 Å². The maximum Gasteiger partial charge on any atom is 0.255 e. The van der Waals surface area contributed by atoms with Crippen molar-refractivity contribution in [1.29, 1.82) is 0 Å². The summed E-state index contributed by atoms with van der Waals surface area (Å²) < 4.78 is 23.5. The average molecular weight is 234 g/mol. The fourth-order valence-corrected chi connectivity index (χ4v) is 1.16. The van der Waals surface area contributed by atoms with Crippen molar-refractivity contribution >= 4 is 11.9 Å². The number of hydrogen-bond acceptors (Lipinski definition) is 2. The summed E-state index contributed by atoms with van der Waals surface area (Å²) in [5, 5.41) is 2.05. The van der Waals surface area contributed by atoms with Crippen LogP contribution in [-0.2, 0) is 4.79 Å². The summed E-state index contributed by atoms with van der Waals surface area (Å²) in [6, 6.07) is 0.410. The number of nitrogens with one attached hydrogen (secondary N) is 1. The van der Waals surface area contributed by atoms with Crippen molar-refractivity contribution < 1.29 is 13.6 Å². The van der Waals surface area contributed by atoms with Gasteiger partial charge in [0.15, 0.2) is 5.96 Å². The molecule has 0 radical (unpaired) electrons. The first kappa shape index (κ1) is 12.7. The number of aliphatic imine (C=N–C) groups is 1. The van der Waals surface area contributed by atoms with Gasteiger partial charge >= 0.3 is 0 Å². The van der Waals surface area contributed by atoms with E-state index in [1.165, 1.54) is 0 Å². The van der Waals surface area contributed by atoms with Crippen molar-refractivity contribution in [3.63, 3.8) is 0 Å². The first-order valence-electron chi connectivity index (χ1n) is 5.08. The van der Waals surface area contributed by atoms with E-state index in [0.29, 0.717) is 6.04 Å². The average Bonchev–Trinajstić information content (AvgIpc) is 3.05. The molecule has 92 valence electrons. The first-order chi connectivity index (χ1) is 7.50. The third-order valence-electron chi connectivity index (χ3n) is 2.29. The second kappa shape index (κ2) is 5.62. The monoisotopic (exact) mass is 234 g/mol. The fraction of sp³-hybridized carbons (Fsp3) is 0.778. The largest absolute Gasteiger partial charge is 0.370 e. The van der Waals surface area contributed by atoms with E-state index in [2.05, 4.69) is 10.3 Å². The number of nitrogens with zero attached hydrogens (tertiary/aromatic N) is 2. The van der Waals surface area contributed by atoms with E-state index in [1.807, 2.05) is 0 Å². The Morgan fingerprint density at radius 1 is 1.62 bits per heavy atom. The smallest absolute Gasteiger partial charge is 0.255 e. The molecule has 1 rings (SSSR count). The van der Waals surface area contributed by atoms with Crippen LogP contribution in [0.25, 0.3) is 0 Å². The molecule has 0 spiro atoms. The second-order valence-corrected chi connectivity index (χ2v) is 3.71. The molecule has 0 aliphatic heterocycles. The van der Waals surface area contributed by atoms with Crippen LogP contribution in [0, 0.1) is 0 Å². The zero-order valence-corrected chi connectivity index (χ0v) is 9.12. The van der Waals surface area contributed by atoms with Gasteiger partial charge in [0.1, 0.15) is 6.54 Å². The highest BCUT2D eigenvalue weighted by Crippen LogP contribution is 2.24. The SMILES string of the molecule is CN(C(N)=NCC(=O)NCC(F)F)C1CC1. The minimum absolute atomic E-state index is 0.213. The number of amides is 1. The van der Waals surface area contributed by atoms with E-state index >= 15 is 0 Å². The number of carbonyl (C=O) groups excluding carboxylic acids is 1. The topological polar surface area (TPSA) is 70.7 Å². The van der Waals surface area contributed by atoms with Gasteiger partial charge in [-0.15, -0.1) is 0 Å². The van der Waals surface area contributed by atoms with Crippen LogP contribution in [0.15, 0.2) is 4.99 Å². The summed E-state index contributed by atoms with van der Waals surface area (Å²) in [6.07, 6.45) is -0.395. The Hall–Kier alpha value is -1.40. The number of carbonyl (C=O) groups is 1. The van der Waals surface area contributed by atoms with Crippen LogP contribution in [0.5, 0.6) is 0 Å². The molecule has 1 aliphatic rings. The Labute approximate surface area is 92.7 Å². The summed E-state index contributed by atoms with van der Waals surface area (Å²) in [4.78, 5) is 16.7. The highest BCUT2D eigenvalue weighted by molar-refractivity contribution is 5.84. The predicted molar refractivity (Wildman–Crippen MR) is 56.3 cm³/mol. The van der Waals surface area contributed by atoms with E-state index in [0.717, 1.165) is 12.8 Å². The van der Waals surface area contributed by atoms with Crippen LogP contribution in [0.3, 0.4) is 0 Å². The Bertz CT molecular complexity index is 279. The summed E-state index contributed by atoms with van der Waals surface area (Å²) >= 11 is 0. The maximum absolute atomic E-state index is 11.8. The van der Waals surface area contributed by atoms with Gasteiger partial charge < -0.3 is 16.0 Å². The molecule has 0 heterocycles. The van der Waals surface area contributed by atoms with E-state index < -0.39 is 18.9 Å². The molecular weight excluding hydrogens is 218 g/mol. The van der Waals surface area contributed by atoms with E-state index in [9.17, 15) is 13.6 Å². The van der Waals surface area contributed by atoms with Gasteiger partial charge in [0.25, 0.3) is 6.43 Å². The van der Waals surface area contributed by atoms with Crippen LogP contribution < -0.4 is 11.1 Å². The van der Waals surface area contributed by atoms with Crippen molar-refractivity contribution in [1.82, 2.24) is 10.2 Å². The van der Waals surface area contributed by atoms with Gasteiger partial charge in [-0.25, -0.2) is 13.8 Å². The summed E-state index contributed by atoms with van der Waals surface area (Å²) in [7, 11) is 1.80. The van der Waals surface area contributed by atoms with Gasteiger partial charge in [0.05, 0.1) is 6.54 Å². The number of rotatable bonds is 5. The molecule has 3 N–H and O–H groups in total. The maximum atomic E-state index is 11.8. The third-order valence-corrected chi connectivity index (χ3v) is 2.29. The Morgan fingerprint density at radius 3 is 2.75 bits per heavy atom. The number of hydrogen-bond donors (Lipinski definition) is 2. The summed E-state index contributed by atoms with van der Waals surface area (Å²) in [5.74, 6) is -0.276. The highest BCUT2D eigenvalue weighted by atomic mass is 19.3. The fourth-order valence-electron chi connectivity index (χ4n) is 1.16. The normalized spacial score (nSPS) is 16.4. The minimum atomic E-state index is -2.54. The van der Waals surface area contributed by atoms with E-state index in [4.69, 9.17) is 5.73 Å². The lowest BCUT2D eigenvalue weighted by molar-refractivity contribution is -0.120. The highest BCUT2D eigenvalue weighted by Gasteiger charge is 2.27. The molecule has 1 fully saturated rings. The number of guanidine groups is 1. The summed E-state index contributed by atoms with van der Waals surface area (Å²) in [5.41, 5.74) is 5.61. The van der Waals surface area contributed by atoms with Crippen LogP contribution in [0.2, 0.25) is 0 Å². The molecule has 7 heteroatoms. The molecule has 0 aromatic carbocycles. The third kappa shape index (κ3) is 4.41. The van der Waals surface area contributed by atoms with Gasteiger partial charge in [-0.05, 0) is 12.8 Å². The molecule has 0 saturated heterocycles. The quantitative estimate of drug-likeness (QED) is 0.510. The van der Waals surface area contributed by atoms with Gasteiger partial charge in [0.2, 0.25) is 5.91 Å². The summed E-state index contributed by atoms with van der Waals surface area (Å²) in [6.45, 7) is -0.859.